The summed E-state index contributed by atoms with van der Waals surface area (Å²) < 4.78 is 11.3. The average Bonchev–Trinajstić information content (AvgIpc) is 3.02. The number of nitrogens with two attached hydrogens (primary N) is 1. The van der Waals surface area contributed by atoms with Crippen molar-refractivity contribution in [2.45, 2.75) is 39.8 Å². The molecule has 2 atom stereocenters. The number of nitrogens with zero attached hydrogens (tertiary/aromatic N) is 2. The van der Waals surface area contributed by atoms with Crippen LogP contribution in [0.25, 0.3) is 5.76 Å². The van der Waals surface area contributed by atoms with Gasteiger partial charge in [-0.05, 0) is 24.0 Å². The van der Waals surface area contributed by atoms with Crippen LogP contribution < -0.4 is 5.73 Å². The molecule has 1 aliphatic rings. The molecule has 2 rings (SSSR count). The van der Waals surface area contributed by atoms with Gasteiger partial charge in [-0.15, -0.1) is 0 Å². The molecule has 0 bridgehead atoms. The van der Waals surface area contributed by atoms with Gasteiger partial charge in [0.05, 0.1) is 6.04 Å². The summed E-state index contributed by atoms with van der Waals surface area (Å²) in [7, 11) is 0. The second-order valence-corrected chi connectivity index (χ2v) is 6.61. The van der Waals surface area contributed by atoms with E-state index in [1.54, 1.807) is 0 Å². The molecule has 1 aromatic heterocycles. The zero-order valence-electron chi connectivity index (χ0n) is 14.5. The van der Waals surface area contributed by atoms with Gasteiger partial charge in [-0.2, -0.15) is 0 Å². The van der Waals surface area contributed by atoms with E-state index in [-0.39, 0.29) is 12.1 Å². The van der Waals surface area contributed by atoms with Gasteiger partial charge in [0.15, 0.2) is 0 Å². The molecule has 0 spiro atoms. The third-order valence-electron chi connectivity index (χ3n) is 4.00. The van der Waals surface area contributed by atoms with Gasteiger partial charge >= 0.3 is 0 Å². The predicted molar refractivity (Wildman–Crippen MR) is 93.2 cm³/mol. The molecule has 0 unspecified atom stereocenters. The van der Waals surface area contributed by atoms with Crippen molar-refractivity contribution in [3.8, 4) is 0 Å². The highest BCUT2D eigenvalue weighted by Crippen LogP contribution is 2.18. The van der Waals surface area contributed by atoms with Crippen LogP contribution in [0.2, 0.25) is 0 Å². The van der Waals surface area contributed by atoms with Crippen LogP contribution in [0.15, 0.2) is 29.8 Å². The second-order valence-electron chi connectivity index (χ2n) is 6.61. The molecule has 2 N–H and O–H groups in total. The second kappa shape index (κ2) is 7.59. The molecule has 0 aliphatic carbocycles. The molecule has 0 saturated carbocycles. The summed E-state index contributed by atoms with van der Waals surface area (Å²) in [6.07, 6.45) is 0. The van der Waals surface area contributed by atoms with Gasteiger partial charge in [0, 0.05) is 6.04 Å². The van der Waals surface area contributed by atoms with Gasteiger partial charge in [0.2, 0.25) is 5.90 Å². The molecule has 0 aromatic carbocycles. The monoisotopic (exact) mass is 317 g/mol. The van der Waals surface area contributed by atoms with Gasteiger partial charge in [-0.25, -0.2) is 9.98 Å². The molecule has 0 saturated heterocycles. The Morgan fingerprint density at radius 3 is 2.74 bits per heavy atom. The summed E-state index contributed by atoms with van der Waals surface area (Å²) in [6.45, 7) is 13.4. The first kappa shape index (κ1) is 17.5. The number of aromatic nitrogens is 1. The third kappa shape index (κ3) is 4.55. The fourth-order valence-electron chi connectivity index (χ4n) is 2.04. The van der Waals surface area contributed by atoms with Gasteiger partial charge in [-0.3, -0.25) is 0 Å². The van der Waals surface area contributed by atoms with E-state index in [1.807, 2.05) is 18.2 Å². The first-order valence-electron chi connectivity index (χ1n) is 8.14. The van der Waals surface area contributed by atoms with E-state index in [2.05, 4.69) is 44.3 Å². The van der Waals surface area contributed by atoms with Gasteiger partial charge in [-0.1, -0.05) is 40.3 Å². The lowest BCUT2D eigenvalue weighted by Gasteiger charge is -2.17. The number of pyridine rings is 1. The molecule has 5 nitrogen and oxygen atoms in total. The summed E-state index contributed by atoms with van der Waals surface area (Å²) in [4.78, 5) is 9.15. The van der Waals surface area contributed by atoms with Crippen molar-refractivity contribution in [3.05, 3.63) is 36.2 Å². The Kier molecular flexibility index (Phi) is 5.77. The van der Waals surface area contributed by atoms with E-state index in [0.717, 1.165) is 0 Å². The maximum atomic E-state index is 5.99. The van der Waals surface area contributed by atoms with Crippen molar-refractivity contribution in [2.24, 2.45) is 22.6 Å². The third-order valence-corrected chi connectivity index (χ3v) is 4.00. The minimum atomic E-state index is -0.0238. The number of hydrogen-bond donors (Lipinski definition) is 1. The maximum absolute atomic E-state index is 5.99. The topological polar surface area (TPSA) is 69.7 Å². The van der Waals surface area contributed by atoms with Crippen LogP contribution in [0.5, 0.6) is 0 Å². The quantitative estimate of drug-likeness (QED) is 0.785. The molecule has 0 fully saturated rings. The lowest BCUT2D eigenvalue weighted by Crippen LogP contribution is -2.31. The summed E-state index contributed by atoms with van der Waals surface area (Å²) in [5.74, 6) is 1.92. The molecule has 1 aromatic rings. The summed E-state index contributed by atoms with van der Waals surface area (Å²) in [5.41, 5.74) is 7.38. The minimum Gasteiger partial charge on any atom is -0.490 e. The number of ether oxygens (including phenoxy) is 2. The van der Waals surface area contributed by atoms with Crippen molar-refractivity contribution in [3.63, 3.8) is 0 Å². The highest BCUT2D eigenvalue weighted by molar-refractivity contribution is 5.93. The normalized spacial score (nSPS) is 18.7. The number of rotatable bonds is 7. The van der Waals surface area contributed by atoms with Gasteiger partial charge < -0.3 is 15.2 Å². The minimum absolute atomic E-state index is 0.0238. The van der Waals surface area contributed by atoms with E-state index in [0.29, 0.717) is 48.1 Å². The predicted octanol–water partition coefficient (Wildman–Crippen LogP) is 2.85. The van der Waals surface area contributed by atoms with Crippen LogP contribution in [-0.4, -0.2) is 36.2 Å². The fourth-order valence-corrected chi connectivity index (χ4v) is 2.04. The molecule has 0 radical (unpaired) electrons. The van der Waals surface area contributed by atoms with Crippen molar-refractivity contribution in [1.29, 1.82) is 0 Å². The SMILES string of the molecule is C=C(OC[C@H](N)C(C)C)c1cccc(C2=N[C@H](C(C)C)CO2)n1. The lowest BCUT2D eigenvalue weighted by atomic mass is 10.1. The smallest absolute Gasteiger partial charge is 0.235 e. The molecule has 126 valence electrons. The van der Waals surface area contributed by atoms with E-state index in [4.69, 9.17) is 15.2 Å². The maximum Gasteiger partial charge on any atom is 0.235 e. The van der Waals surface area contributed by atoms with Gasteiger partial charge in [0.25, 0.3) is 0 Å². The fraction of sp³-hybridized carbons (Fsp3) is 0.556. The van der Waals surface area contributed by atoms with Crippen LogP contribution in [0.4, 0.5) is 0 Å². The Hall–Kier alpha value is -1.88. The van der Waals surface area contributed by atoms with Crippen molar-refractivity contribution >= 4 is 11.7 Å². The molecule has 0 amide bonds. The zero-order chi connectivity index (χ0) is 17.0. The Morgan fingerprint density at radius 2 is 2.13 bits per heavy atom. The van der Waals surface area contributed by atoms with Crippen molar-refractivity contribution < 1.29 is 9.47 Å². The first-order valence-corrected chi connectivity index (χ1v) is 8.14. The van der Waals surface area contributed by atoms with E-state index in [1.165, 1.54) is 0 Å². The Labute approximate surface area is 138 Å². The summed E-state index contributed by atoms with van der Waals surface area (Å²) in [6, 6.07) is 5.83. The van der Waals surface area contributed by atoms with Crippen LogP contribution >= 0.6 is 0 Å². The van der Waals surface area contributed by atoms with Crippen LogP contribution in [0, 0.1) is 11.8 Å². The van der Waals surface area contributed by atoms with Crippen molar-refractivity contribution in [2.75, 3.05) is 13.2 Å². The van der Waals surface area contributed by atoms with Crippen LogP contribution in [-0.2, 0) is 9.47 Å². The van der Waals surface area contributed by atoms with Crippen LogP contribution in [0.3, 0.4) is 0 Å². The van der Waals surface area contributed by atoms with Crippen molar-refractivity contribution in [1.82, 2.24) is 4.98 Å². The Bertz CT molecular complexity index is 581. The molecular weight excluding hydrogens is 290 g/mol. The molecular formula is C18H27N3O2. The largest absolute Gasteiger partial charge is 0.490 e. The summed E-state index contributed by atoms with van der Waals surface area (Å²) in [5, 5.41) is 0. The molecule has 5 heteroatoms. The van der Waals surface area contributed by atoms with E-state index >= 15 is 0 Å². The number of hydrogen-bond acceptors (Lipinski definition) is 5. The highest BCUT2D eigenvalue weighted by Gasteiger charge is 2.23. The highest BCUT2D eigenvalue weighted by atomic mass is 16.5. The Balaban J connectivity index is 2.05. The van der Waals surface area contributed by atoms with E-state index < -0.39 is 0 Å². The van der Waals surface area contributed by atoms with E-state index in [9.17, 15) is 0 Å². The lowest BCUT2D eigenvalue weighted by molar-refractivity contribution is 0.227. The Morgan fingerprint density at radius 1 is 1.39 bits per heavy atom. The standard InChI is InChI=1S/C18H27N3O2/c1-11(2)14(19)9-22-13(5)15-7-6-8-16(20-15)18-21-17(10-23-18)12(3)4/h6-8,11-12,14,17H,5,9-10,19H2,1-4H3/t14-,17-/m0/s1. The molecule has 23 heavy (non-hydrogen) atoms. The summed E-state index contributed by atoms with van der Waals surface area (Å²) >= 11 is 0. The molecule has 1 aliphatic heterocycles. The first-order chi connectivity index (χ1) is 10.9. The van der Waals surface area contributed by atoms with Gasteiger partial charge in [0.1, 0.15) is 30.4 Å². The van der Waals surface area contributed by atoms with Crippen LogP contribution in [0.1, 0.15) is 39.1 Å². The zero-order valence-corrected chi connectivity index (χ0v) is 14.5. The number of aliphatic imine (C=N–C) groups is 1. The average molecular weight is 317 g/mol. The molecule has 2 heterocycles.